The summed E-state index contributed by atoms with van der Waals surface area (Å²) in [4.78, 5) is 10.2. The Labute approximate surface area is 199 Å². The molecule has 0 aliphatic heterocycles. The topological polar surface area (TPSA) is 47.0 Å². The predicted molar refractivity (Wildman–Crippen MR) is 131 cm³/mol. The zero-order valence-electron chi connectivity index (χ0n) is 18.4. The second-order valence-electron chi connectivity index (χ2n) is 8.52. The molecule has 0 amide bonds. The van der Waals surface area contributed by atoms with E-state index in [0.29, 0.717) is 22.6 Å². The van der Waals surface area contributed by atoms with E-state index >= 15 is 0 Å². The van der Waals surface area contributed by atoms with E-state index in [0.717, 1.165) is 54.1 Å². The van der Waals surface area contributed by atoms with Crippen LogP contribution >= 0.6 is 23.2 Å². The van der Waals surface area contributed by atoms with Crippen molar-refractivity contribution in [1.29, 1.82) is 0 Å². The van der Waals surface area contributed by atoms with E-state index < -0.39 is 0 Å². The van der Waals surface area contributed by atoms with Gasteiger partial charge < -0.3 is 10.1 Å². The van der Waals surface area contributed by atoms with E-state index in [1.165, 1.54) is 11.1 Å². The number of hydrogen-bond acceptors (Lipinski definition) is 4. The van der Waals surface area contributed by atoms with Crippen molar-refractivity contribution < 1.29 is 4.74 Å². The van der Waals surface area contributed by atoms with Gasteiger partial charge in [-0.2, -0.15) is 0 Å². The molecule has 0 bridgehead atoms. The van der Waals surface area contributed by atoms with Gasteiger partial charge >= 0.3 is 0 Å². The highest BCUT2D eigenvalue weighted by Crippen LogP contribution is 2.45. The van der Waals surface area contributed by atoms with Crippen molar-refractivity contribution >= 4 is 29.0 Å². The molecule has 1 N–H and O–H groups in total. The van der Waals surface area contributed by atoms with E-state index in [-0.39, 0.29) is 12.1 Å². The normalized spacial score (nSPS) is 19.8. The molecule has 166 valence electrons. The van der Waals surface area contributed by atoms with Crippen LogP contribution in [-0.2, 0) is 17.6 Å². The third kappa shape index (κ3) is 4.12. The monoisotopic (exact) mass is 467 g/mol. The molecule has 2 aliphatic carbocycles. The highest BCUT2D eigenvalue weighted by atomic mass is 35.5. The van der Waals surface area contributed by atoms with E-state index in [4.69, 9.17) is 37.9 Å². The van der Waals surface area contributed by atoms with Crippen LogP contribution in [0.15, 0.2) is 42.5 Å². The molecule has 1 heterocycles. The molecule has 3 aromatic rings. The summed E-state index contributed by atoms with van der Waals surface area (Å²) in [7, 11) is 0. The SMILES string of the molecule is CCOC1Cc2ccccc2C1Nc1nc(C2CC2)c(-c2ccc(Cl)cc2Cl)nc1CC. The lowest BCUT2D eigenvalue weighted by Gasteiger charge is -2.24. The zero-order valence-corrected chi connectivity index (χ0v) is 19.9. The van der Waals surface area contributed by atoms with Crippen molar-refractivity contribution in [3.8, 4) is 11.3 Å². The smallest absolute Gasteiger partial charge is 0.148 e. The van der Waals surface area contributed by atoms with Crippen molar-refractivity contribution in [1.82, 2.24) is 9.97 Å². The average molecular weight is 468 g/mol. The minimum atomic E-state index is 0.0581. The summed E-state index contributed by atoms with van der Waals surface area (Å²) >= 11 is 12.7. The largest absolute Gasteiger partial charge is 0.376 e. The Bertz CT molecular complexity index is 1150. The van der Waals surface area contributed by atoms with Gasteiger partial charge in [-0.3, -0.25) is 0 Å². The number of fused-ring (bicyclic) bond motifs is 1. The maximum absolute atomic E-state index is 6.56. The maximum Gasteiger partial charge on any atom is 0.148 e. The number of aryl methyl sites for hydroxylation is 1. The van der Waals surface area contributed by atoms with Crippen molar-refractivity contribution in [3.05, 3.63) is 75.0 Å². The molecule has 2 unspecified atom stereocenters. The number of ether oxygens (including phenoxy) is 1. The number of halogens is 2. The summed E-state index contributed by atoms with van der Waals surface area (Å²) in [6.07, 6.45) is 4.02. The number of nitrogens with one attached hydrogen (secondary N) is 1. The fourth-order valence-electron chi connectivity index (χ4n) is 4.61. The van der Waals surface area contributed by atoms with Crippen LogP contribution in [0.25, 0.3) is 11.3 Å². The molecule has 1 aromatic heterocycles. The summed E-state index contributed by atoms with van der Waals surface area (Å²) in [6, 6.07) is 14.2. The summed E-state index contributed by atoms with van der Waals surface area (Å²) in [5.74, 6) is 1.28. The van der Waals surface area contributed by atoms with Gasteiger partial charge in [0, 0.05) is 29.5 Å². The first kappa shape index (κ1) is 21.7. The summed E-state index contributed by atoms with van der Waals surface area (Å²) in [6.45, 7) is 4.85. The van der Waals surface area contributed by atoms with Crippen LogP contribution in [0.2, 0.25) is 10.0 Å². The molecule has 6 heteroatoms. The van der Waals surface area contributed by atoms with Crippen LogP contribution in [0, 0.1) is 0 Å². The highest BCUT2D eigenvalue weighted by molar-refractivity contribution is 6.36. The third-order valence-corrected chi connectivity index (χ3v) is 6.88. The van der Waals surface area contributed by atoms with Crippen molar-refractivity contribution in [2.75, 3.05) is 11.9 Å². The van der Waals surface area contributed by atoms with Gasteiger partial charge in [0.25, 0.3) is 0 Å². The Balaban J connectivity index is 1.57. The summed E-state index contributed by atoms with van der Waals surface area (Å²) in [5, 5.41) is 4.95. The molecule has 2 atom stereocenters. The zero-order chi connectivity index (χ0) is 22.2. The maximum atomic E-state index is 6.56. The van der Waals surface area contributed by atoms with Crippen LogP contribution in [-0.4, -0.2) is 22.7 Å². The van der Waals surface area contributed by atoms with E-state index in [9.17, 15) is 0 Å². The number of benzene rings is 2. The van der Waals surface area contributed by atoms with E-state index in [1.807, 2.05) is 19.1 Å². The first-order chi connectivity index (χ1) is 15.6. The highest BCUT2D eigenvalue weighted by Gasteiger charge is 2.35. The fraction of sp³-hybridized carbons (Fsp3) is 0.385. The molecule has 4 nitrogen and oxygen atoms in total. The van der Waals surface area contributed by atoms with Crippen LogP contribution in [0.5, 0.6) is 0 Å². The van der Waals surface area contributed by atoms with Crippen molar-refractivity contribution in [2.24, 2.45) is 0 Å². The van der Waals surface area contributed by atoms with Gasteiger partial charge in [0.2, 0.25) is 0 Å². The number of nitrogens with zero attached hydrogens (tertiary/aromatic N) is 2. The van der Waals surface area contributed by atoms with Gasteiger partial charge in [-0.15, -0.1) is 0 Å². The minimum absolute atomic E-state index is 0.0581. The molecule has 1 fully saturated rings. The first-order valence-electron chi connectivity index (χ1n) is 11.4. The van der Waals surface area contributed by atoms with Crippen molar-refractivity contribution in [2.45, 2.75) is 57.6 Å². The second-order valence-corrected chi connectivity index (χ2v) is 9.37. The van der Waals surface area contributed by atoms with E-state index in [1.54, 1.807) is 6.07 Å². The van der Waals surface area contributed by atoms with Gasteiger partial charge in [-0.05, 0) is 55.5 Å². The Morgan fingerprint density at radius 3 is 2.59 bits per heavy atom. The summed E-state index contributed by atoms with van der Waals surface area (Å²) < 4.78 is 6.11. The first-order valence-corrected chi connectivity index (χ1v) is 12.2. The summed E-state index contributed by atoms with van der Waals surface area (Å²) in [5.41, 5.74) is 6.35. The molecule has 0 radical (unpaired) electrons. The molecule has 0 saturated heterocycles. The van der Waals surface area contributed by atoms with Gasteiger partial charge in [-0.25, -0.2) is 9.97 Å². The number of aromatic nitrogens is 2. The number of hydrogen-bond donors (Lipinski definition) is 1. The van der Waals surface area contributed by atoms with Gasteiger partial charge in [0.1, 0.15) is 5.82 Å². The molecule has 2 aromatic carbocycles. The Kier molecular flexibility index (Phi) is 6.11. The Morgan fingerprint density at radius 1 is 1.06 bits per heavy atom. The van der Waals surface area contributed by atoms with E-state index in [2.05, 4.69) is 36.5 Å². The van der Waals surface area contributed by atoms with Crippen LogP contribution in [0.4, 0.5) is 5.82 Å². The molecule has 1 saturated carbocycles. The molecule has 32 heavy (non-hydrogen) atoms. The molecule has 2 aliphatic rings. The van der Waals surface area contributed by atoms with Crippen LogP contribution < -0.4 is 5.32 Å². The third-order valence-electron chi connectivity index (χ3n) is 6.34. The standard InChI is InChI=1S/C26H27Cl2N3O/c1-3-21-26(31-24-18-8-6-5-7-16(18)13-22(24)32-4-2)30-23(15-9-10-15)25(29-21)19-12-11-17(27)14-20(19)28/h5-8,11-12,14-15,22,24H,3-4,9-10,13H2,1-2H3,(H,30,31). The molecule has 5 rings (SSSR count). The van der Waals surface area contributed by atoms with Crippen molar-refractivity contribution in [3.63, 3.8) is 0 Å². The molecule has 0 spiro atoms. The Morgan fingerprint density at radius 2 is 1.88 bits per heavy atom. The van der Waals surface area contributed by atoms with Gasteiger partial charge in [0.05, 0.1) is 34.3 Å². The quantitative estimate of drug-likeness (QED) is 0.405. The second kappa shape index (κ2) is 9.01. The lowest BCUT2D eigenvalue weighted by molar-refractivity contribution is 0.0573. The molecular formula is C26H27Cl2N3O. The van der Waals surface area contributed by atoms with Crippen LogP contribution in [0.1, 0.15) is 61.2 Å². The average Bonchev–Trinajstić information content (AvgIpc) is 3.58. The Hall–Kier alpha value is -2.14. The fourth-order valence-corrected chi connectivity index (χ4v) is 5.11. The number of rotatable bonds is 7. The lowest BCUT2D eigenvalue weighted by Crippen LogP contribution is -2.26. The lowest BCUT2D eigenvalue weighted by atomic mass is 10.1. The van der Waals surface area contributed by atoms with Gasteiger partial charge in [0.15, 0.2) is 0 Å². The number of anilines is 1. The molecular weight excluding hydrogens is 441 g/mol. The minimum Gasteiger partial charge on any atom is -0.376 e. The van der Waals surface area contributed by atoms with Gasteiger partial charge in [-0.1, -0.05) is 54.4 Å². The predicted octanol–water partition coefficient (Wildman–Crippen LogP) is 7.00. The van der Waals surface area contributed by atoms with Crippen LogP contribution in [0.3, 0.4) is 0 Å².